The predicted octanol–water partition coefficient (Wildman–Crippen LogP) is 3.87. The van der Waals surface area contributed by atoms with Crippen LogP contribution in [0.5, 0.6) is 11.5 Å². The molecule has 0 unspecified atom stereocenters. The van der Waals surface area contributed by atoms with Crippen LogP contribution < -0.4 is 9.47 Å². The molecule has 0 saturated heterocycles. The number of aromatic amines is 1. The van der Waals surface area contributed by atoms with Crippen LogP contribution in [0.15, 0.2) is 35.8 Å². The van der Waals surface area contributed by atoms with E-state index in [-0.39, 0.29) is 5.78 Å². The zero-order valence-electron chi connectivity index (χ0n) is 11.8. The summed E-state index contributed by atoms with van der Waals surface area (Å²) in [5, 5.41) is 2.67. The summed E-state index contributed by atoms with van der Waals surface area (Å²) in [5.41, 5.74) is 1.50. The van der Waals surface area contributed by atoms with Gasteiger partial charge in [0.05, 0.1) is 24.7 Å². The minimum atomic E-state index is -0.0553. The smallest absolute Gasteiger partial charge is 0.209 e. The number of H-pyrrole nitrogens is 1. The van der Waals surface area contributed by atoms with Crippen molar-refractivity contribution in [3.8, 4) is 11.5 Å². The van der Waals surface area contributed by atoms with Gasteiger partial charge in [-0.3, -0.25) is 4.79 Å². The summed E-state index contributed by atoms with van der Waals surface area (Å²) in [5.74, 6) is 1.27. The van der Waals surface area contributed by atoms with Crippen LogP contribution in [-0.4, -0.2) is 24.5 Å². The van der Waals surface area contributed by atoms with E-state index in [1.807, 2.05) is 30.5 Å². The van der Waals surface area contributed by atoms with Crippen molar-refractivity contribution in [3.05, 3.63) is 46.3 Å². The van der Waals surface area contributed by atoms with Gasteiger partial charge in [-0.2, -0.15) is 0 Å². The monoisotopic (exact) mass is 301 g/mol. The van der Waals surface area contributed by atoms with E-state index >= 15 is 0 Å². The molecule has 2 heterocycles. The number of carbonyl (C=O) groups excluding carboxylic acids is 1. The Kier molecular flexibility index (Phi) is 3.66. The zero-order chi connectivity index (χ0) is 14.8. The number of methoxy groups -OCH3 is 1. The molecule has 0 aliphatic carbocycles. The van der Waals surface area contributed by atoms with Gasteiger partial charge in [-0.1, -0.05) is 6.07 Å². The molecular weight excluding hydrogens is 286 g/mol. The van der Waals surface area contributed by atoms with Gasteiger partial charge in [0, 0.05) is 11.7 Å². The molecule has 0 amide bonds. The molecule has 0 spiro atoms. The number of aromatic nitrogens is 1. The fourth-order valence-electron chi connectivity index (χ4n) is 2.35. The zero-order valence-corrected chi connectivity index (χ0v) is 12.6. The number of rotatable bonds is 5. The van der Waals surface area contributed by atoms with E-state index in [1.165, 1.54) is 11.3 Å². The Morgan fingerprint density at radius 1 is 1.29 bits per heavy atom. The molecule has 3 aromatic rings. The first-order valence-electron chi connectivity index (χ1n) is 6.65. The summed E-state index contributed by atoms with van der Waals surface area (Å²) in [6.07, 6.45) is 1.73. The lowest BCUT2D eigenvalue weighted by molar-refractivity contribution is 0.104. The maximum absolute atomic E-state index is 12.8. The maximum atomic E-state index is 12.8. The first-order valence-corrected chi connectivity index (χ1v) is 7.53. The molecule has 5 heteroatoms. The lowest BCUT2D eigenvalue weighted by atomic mass is 10.1. The minimum absolute atomic E-state index is 0.0553. The van der Waals surface area contributed by atoms with Gasteiger partial charge in [-0.05, 0) is 30.5 Å². The van der Waals surface area contributed by atoms with E-state index in [9.17, 15) is 4.79 Å². The molecular formula is C16H15NO3S. The van der Waals surface area contributed by atoms with E-state index in [4.69, 9.17) is 9.47 Å². The number of benzene rings is 1. The highest BCUT2D eigenvalue weighted by Gasteiger charge is 2.21. The molecule has 0 aliphatic heterocycles. The van der Waals surface area contributed by atoms with Gasteiger partial charge in [0.1, 0.15) is 16.4 Å². The lowest BCUT2D eigenvalue weighted by Gasteiger charge is -2.06. The highest BCUT2D eigenvalue weighted by molar-refractivity contribution is 7.12. The van der Waals surface area contributed by atoms with Gasteiger partial charge in [-0.15, -0.1) is 11.3 Å². The molecule has 0 fully saturated rings. The summed E-state index contributed by atoms with van der Waals surface area (Å²) in [6.45, 7) is 2.48. The van der Waals surface area contributed by atoms with Crippen molar-refractivity contribution >= 4 is 28.0 Å². The van der Waals surface area contributed by atoms with E-state index in [2.05, 4.69) is 4.98 Å². The molecule has 108 valence electrons. The average molecular weight is 301 g/mol. The van der Waals surface area contributed by atoms with Crippen molar-refractivity contribution in [2.24, 2.45) is 0 Å². The molecule has 0 atom stereocenters. The second-order valence-electron chi connectivity index (χ2n) is 4.46. The van der Waals surface area contributed by atoms with Gasteiger partial charge in [0.2, 0.25) is 5.78 Å². The molecule has 4 nitrogen and oxygen atoms in total. The lowest BCUT2D eigenvalue weighted by Crippen LogP contribution is -2.01. The van der Waals surface area contributed by atoms with Crippen molar-refractivity contribution < 1.29 is 14.3 Å². The van der Waals surface area contributed by atoms with E-state index in [1.54, 1.807) is 19.4 Å². The molecule has 0 saturated carbocycles. The summed E-state index contributed by atoms with van der Waals surface area (Å²) in [4.78, 5) is 16.5. The van der Waals surface area contributed by atoms with Crippen molar-refractivity contribution in [1.82, 2.24) is 4.98 Å². The summed E-state index contributed by atoms with van der Waals surface area (Å²) in [6, 6.07) is 7.52. The Labute approximate surface area is 126 Å². The summed E-state index contributed by atoms with van der Waals surface area (Å²) < 4.78 is 10.9. The van der Waals surface area contributed by atoms with Crippen LogP contribution in [-0.2, 0) is 0 Å². The maximum Gasteiger partial charge on any atom is 0.209 e. The number of ether oxygens (including phenoxy) is 2. The molecule has 2 aromatic heterocycles. The van der Waals surface area contributed by atoms with Crippen molar-refractivity contribution in [3.63, 3.8) is 0 Å². The molecule has 0 bridgehead atoms. The number of fused-ring (bicyclic) bond motifs is 1. The Bertz CT molecular complexity index is 788. The van der Waals surface area contributed by atoms with Crippen LogP contribution in [0.1, 0.15) is 22.2 Å². The fourth-order valence-corrected chi connectivity index (χ4v) is 3.16. The van der Waals surface area contributed by atoms with Crippen LogP contribution in [0.2, 0.25) is 0 Å². The number of ketones is 1. The van der Waals surface area contributed by atoms with E-state index in [0.717, 1.165) is 16.7 Å². The third kappa shape index (κ3) is 2.29. The van der Waals surface area contributed by atoms with Gasteiger partial charge < -0.3 is 14.5 Å². The quantitative estimate of drug-likeness (QED) is 0.728. The number of nitrogens with one attached hydrogen (secondary N) is 1. The van der Waals surface area contributed by atoms with Crippen molar-refractivity contribution in [1.29, 1.82) is 0 Å². The second kappa shape index (κ2) is 5.61. The third-order valence-electron chi connectivity index (χ3n) is 3.27. The van der Waals surface area contributed by atoms with Crippen LogP contribution in [0.25, 0.3) is 10.9 Å². The Morgan fingerprint density at radius 3 is 2.90 bits per heavy atom. The fraction of sp³-hybridized carbons (Fsp3) is 0.188. The first kappa shape index (κ1) is 13.7. The summed E-state index contributed by atoms with van der Waals surface area (Å²) >= 11 is 1.38. The predicted molar refractivity (Wildman–Crippen MR) is 83.8 cm³/mol. The average Bonchev–Trinajstić information content (AvgIpc) is 3.14. The SMILES string of the molecule is CCOc1cccc2[nH]cc(C(=O)c3sccc3OC)c12. The van der Waals surface area contributed by atoms with E-state index in [0.29, 0.717) is 22.8 Å². The molecule has 3 rings (SSSR count). The molecule has 21 heavy (non-hydrogen) atoms. The number of carbonyl (C=O) groups is 1. The number of hydrogen-bond acceptors (Lipinski definition) is 4. The minimum Gasteiger partial charge on any atom is -0.495 e. The van der Waals surface area contributed by atoms with Crippen molar-refractivity contribution in [2.75, 3.05) is 13.7 Å². The topological polar surface area (TPSA) is 51.3 Å². The highest BCUT2D eigenvalue weighted by atomic mass is 32.1. The third-order valence-corrected chi connectivity index (χ3v) is 4.16. The Hall–Kier alpha value is -2.27. The molecule has 1 N–H and O–H groups in total. The second-order valence-corrected chi connectivity index (χ2v) is 5.38. The van der Waals surface area contributed by atoms with Gasteiger partial charge in [0.25, 0.3) is 0 Å². The van der Waals surface area contributed by atoms with Crippen LogP contribution in [0.4, 0.5) is 0 Å². The first-order chi connectivity index (χ1) is 10.3. The molecule has 1 aromatic carbocycles. The molecule has 0 aliphatic rings. The normalized spacial score (nSPS) is 10.8. The standard InChI is InChI=1S/C16H15NO3S/c1-3-20-12-6-4-5-11-14(12)10(9-17-11)15(18)16-13(19-2)7-8-21-16/h4-9,17H,3H2,1-2H3. The number of thiophene rings is 1. The highest BCUT2D eigenvalue weighted by Crippen LogP contribution is 2.33. The largest absolute Gasteiger partial charge is 0.495 e. The van der Waals surface area contributed by atoms with Gasteiger partial charge >= 0.3 is 0 Å². The van der Waals surface area contributed by atoms with Gasteiger partial charge in [0.15, 0.2) is 0 Å². The van der Waals surface area contributed by atoms with Crippen molar-refractivity contribution in [2.45, 2.75) is 6.92 Å². The van der Waals surface area contributed by atoms with Crippen LogP contribution in [0.3, 0.4) is 0 Å². The van der Waals surface area contributed by atoms with Gasteiger partial charge in [-0.25, -0.2) is 0 Å². The molecule has 0 radical (unpaired) electrons. The van der Waals surface area contributed by atoms with E-state index < -0.39 is 0 Å². The Morgan fingerprint density at radius 2 is 2.14 bits per heavy atom. The van der Waals surface area contributed by atoms with Crippen LogP contribution in [0, 0.1) is 0 Å². The Balaban J connectivity index is 2.14. The van der Waals surface area contributed by atoms with Crippen LogP contribution >= 0.6 is 11.3 Å². The number of hydrogen-bond donors (Lipinski definition) is 1. The summed E-state index contributed by atoms with van der Waals surface area (Å²) in [7, 11) is 1.57.